The van der Waals surface area contributed by atoms with E-state index in [1.165, 1.54) is 18.2 Å². The van der Waals surface area contributed by atoms with E-state index in [1.54, 1.807) is 0 Å². The number of benzene rings is 1. The molecule has 6 heteroatoms. The van der Waals surface area contributed by atoms with Crippen LogP contribution >= 0.6 is 0 Å². The highest BCUT2D eigenvalue weighted by atomic mass is 32.2. The van der Waals surface area contributed by atoms with Crippen LogP contribution in [0.5, 0.6) is 0 Å². The Hall–Kier alpha value is -1.58. The highest BCUT2D eigenvalue weighted by Gasteiger charge is 2.37. The molecule has 2 rings (SSSR count). The van der Waals surface area contributed by atoms with Gasteiger partial charge in [-0.3, -0.25) is 0 Å². The Kier molecular flexibility index (Phi) is 3.76. The van der Waals surface area contributed by atoms with Crippen molar-refractivity contribution in [1.82, 2.24) is 4.72 Å². The second kappa shape index (κ2) is 5.08. The third-order valence-electron chi connectivity index (χ3n) is 3.98. The van der Waals surface area contributed by atoms with E-state index in [4.69, 9.17) is 11.0 Å². The first kappa shape index (κ1) is 14.8. The number of hydrogen-bond donors (Lipinski definition) is 2. The Morgan fingerprint density at radius 1 is 1.45 bits per heavy atom. The molecule has 1 aromatic rings. The summed E-state index contributed by atoms with van der Waals surface area (Å²) in [5.41, 5.74) is 6.16. The van der Waals surface area contributed by atoms with Crippen LogP contribution in [0.2, 0.25) is 0 Å². The van der Waals surface area contributed by atoms with Crippen molar-refractivity contribution in [2.45, 2.75) is 44.0 Å². The van der Waals surface area contributed by atoms with Crippen molar-refractivity contribution in [3.63, 3.8) is 0 Å². The van der Waals surface area contributed by atoms with E-state index in [0.29, 0.717) is 5.56 Å². The standard InChI is InChI=1S/C14H19N3O2S/c1-14(2)7-3-4-13(14)17-20(18,19)12-6-5-10(9-15)8-11(12)16/h5-6,8,13,17H,3-4,7,16H2,1-2H3. The molecule has 1 atom stereocenters. The SMILES string of the molecule is CC1(C)CCCC1NS(=O)(=O)c1ccc(C#N)cc1N. The Balaban J connectivity index is 2.30. The van der Waals surface area contributed by atoms with Crippen LogP contribution in [-0.4, -0.2) is 14.5 Å². The van der Waals surface area contributed by atoms with Crippen LogP contribution < -0.4 is 10.5 Å². The molecule has 5 nitrogen and oxygen atoms in total. The van der Waals surface area contributed by atoms with Gasteiger partial charge in [0.25, 0.3) is 0 Å². The van der Waals surface area contributed by atoms with Gasteiger partial charge in [-0.1, -0.05) is 20.3 Å². The summed E-state index contributed by atoms with van der Waals surface area (Å²) in [5, 5.41) is 8.78. The fourth-order valence-electron chi connectivity index (χ4n) is 2.66. The van der Waals surface area contributed by atoms with Gasteiger partial charge in [0.2, 0.25) is 10.0 Å². The van der Waals surface area contributed by atoms with Crippen molar-refractivity contribution >= 4 is 15.7 Å². The number of nitrogens with zero attached hydrogens (tertiary/aromatic N) is 1. The minimum atomic E-state index is -3.65. The van der Waals surface area contributed by atoms with Gasteiger partial charge < -0.3 is 5.73 Å². The molecule has 1 saturated carbocycles. The summed E-state index contributed by atoms with van der Waals surface area (Å²) in [4.78, 5) is 0.0409. The van der Waals surface area contributed by atoms with Gasteiger partial charge in [0.1, 0.15) is 4.90 Å². The number of nitrogens with two attached hydrogens (primary N) is 1. The van der Waals surface area contributed by atoms with Gasteiger partial charge in [-0.15, -0.1) is 0 Å². The van der Waals surface area contributed by atoms with Gasteiger partial charge in [0.05, 0.1) is 17.3 Å². The van der Waals surface area contributed by atoms with Crippen molar-refractivity contribution in [3.05, 3.63) is 23.8 Å². The third kappa shape index (κ3) is 2.79. The Morgan fingerprint density at radius 2 is 2.15 bits per heavy atom. The maximum atomic E-state index is 12.4. The summed E-state index contributed by atoms with van der Waals surface area (Å²) < 4.78 is 27.6. The number of nitrogen functional groups attached to an aromatic ring is 1. The molecule has 0 amide bonds. The zero-order chi connectivity index (χ0) is 15.0. The average Bonchev–Trinajstić information content (AvgIpc) is 2.67. The van der Waals surface area contributed by atoms with E-state index in [1.807, 2.05) is 6.07 Å². The molecule has 0 aliphatic heterocycles. The average molecular weight is 293 g/mol. The number of hydrogen-bond acceptors (Lipinski definition) is 4. The molecule has 0 radical (unpaired) electrons. The molecule has 0 aromatic heterocycles. The number of anilines is 1. The lowest BCUT2D eigenvalue weighted by Gasteiger charge is -2.27. The topological polar surface area (TPSA) is 96.0 Å². The third-order valence-corrected chi connectivity index (χ3v) is 5.53. The van der Waals surface area contributed by atoms with Gasteiger partial charge in [-0.2, -0.15) is 5.26 Å². The van der Waals surface area contributed by atoms with E-state index in [9.17, 15) is 8.42 Å². The van der Waals surface area contributed by atoms with E-state index in [0.717, 1.165) is 19.3 Å². The van der Waals surface area contributed by atoms with Crippen molar-refractivity contribution in [3.8, 4) is 6.07 Å². The second-order valence-corrected chi connectivity index (χ2v) is 7.60. The Labute approximate surface area is 119 Å². The first-order valence-electron chi connectivity index (χ1n) is 6.58. The molecule has 0 saturated heterocycles. The molecule has 20 heavy (non-hydrogen) atoms. The van der Waals surface area contributed by atoms with E-state index in [2.05, 4.69) is 18.6 Å². The summed E-state index contributed by atoms with van der Waals surface area (Å²) in [7, 11) is -3.65. The molecule has 108 valence electrons. The molecule has 0 spiro atoms. The molecular formula is C14H19N3O2S. The smallest absolute Gasteiger partial charge is 0.242 e. The minimum absolute atomic E-state index is 0.0409. The van der Waals surface area contributed by atoms with Crippen LogP contribution in [0.4, 0.5) is 5.69 Å². The fraction of sp³-hybridized carbons (Fsp3) is 0.500. The van der Waals surface area contributed by atoms with Gasteiger partial charge in [0, 0.05) is 6.04 Å². The van der Waals surface area contributed by atoms with Crippen molar-refractivity contribution in [2.24, 2.45) is 5.41 Å². The van der Waals surface area contributed by atoms with Crippen LogP contribution in [0.1, 0.15) is 38.7 Å². The molecule has 0 bridgehead atoms. The monoisotopic (exact) mass is 293 g/mol. The lowest BCUT2D eigenvalue weighted by atomic mass is 9.88. The predicted octanol–water partition coefficient (Wildman–Crippen LogP) is 2.00. The molecule has 1 aromatic carbocycles. The van der Waals surface area contributed by atoms with Crippen LogP contribution in [-0.2, 0) is 10.0 Å². The molecule has 1 aliphatic rings. The van der Waals surface area contributed by atoms with Crippen molar-refractivity contribution < 1.29 is 8.42 Å². The maximum Gasteiger partial charge on any atom is 0.242 e. The summed E-state index contributed by atoms with van der Waals surface area (Å²) >= 11 is 0. The Morgan fingerprint density at radius 3 is 2.65 bits per heavy atom. The summed E-state index contributed by atoms with van der Waals surface area (Å²) in [5.74, 6) is 0. The molecule has 0 heterocycles. The molecular weight excluding hydrogens is 274 g/mol. The van der Waals surface area contributed by atoms with E-state index >= 15 is 0 Å². The highest BCUT2D eigenvalue weighted by Crippen LogP contribution is 2.38. The number of rotatable bonds is 3. The fourth-order valence-corrected chi connectivity index (χ4v) is 4.21. The highest BCUT2D eigenvalue weighted by molar-refractivity contribution is 7.89. The number of nitrogens with one attached hydrogen (secondary N) is 1. The first-order valence-corrected chi connectivity index (χ1v) is 8.06. The molecule has 1 unspecified atom stereocenters. The van der Waals surface area contributed by atoms with Crippen molar-refractivity contribution in [2.75, 3.05) is 5.73 Å². The van der Waals surface area contributed by atoms with Gasteiger partial charge >= 0.3 is 0 Å². The lowest BCUT2D eigenvalue weighted by molar-refractivity contribution is 0.313. The van der Waals surface area contributed by atoms with E-state index in [-0.39, 0.29) is 22.0 Å². The number of sulfonamides is 1. The minimum Gasteiger partial charge on any atom is -0.398 e. The molecule has 1 aliphatic carbocycles. The summed E-state index contributed by atoms with van der Waals surface area (Å²) in [6.07, 6.45) is 2.86. The van der Waals surface area contributed by atoms with E-state index < -0.39 is 10.0 Å². The van der Waals surface area contributed by atoms with Crippen LogP contribution in [0.25, 0.3) is 0 Å². The summed E-state index contributed by atoms with van der Waals surface area (Å²) in [6.45, 7) is 4.13. The van der Waals surface area contributed by atoms with Crippen molar-refractivity contribution in [1.29, 1.82) is 5.26 Å². The second-order valence-electron chi connectivity index (χ2n) is 5.92. The number of nitriles is 1. The zero-order valence-electron chi connectivity index (χ0n) is 11.7. The molecule has 1 fully saturated rings. The van der Waals surface area contributed by atoms with Gasteiger partial charge in [0.15, 0.2) is 0 Å². The first-order chi connectivity index (χ1) is 9.26. The predicted molar refractivity (Wildman–Crippen MR) is 77.3 cm³/mol. The summed E-state index contributed by atoms with van der Waals surface area (Å²) in [6, 6.07) is 6.09. The quantitative estimate of drug-likeness (QED) is 0.833. The maximum absolute atomic E-state index is 12.4. The van der Waals surface area contributed by atoms with Crippen LogP contribution in [0, 0.1) is 16.7 Å². The Bertz CT molecular complexity index is 659. The zero-order valence-corrected chi connectivity index (χ0v) is 12.5. The lowest BCUT2D eigenvalue weighted by Crippen LogP contribution is -2.41. The van der Waals surface area contributed by atoms with Gasteiger partial charge in [-0.05, 0) is 36.5 Å². The van der Waals surface area contributed by atoms with Crippen LogP contribution in [0.3, 0.4) is 0 Å². The van der Waals surface area contributed by atoms with Crippen LogP contribution in [0.15, 0.2) is 23.1 Å². The largest absolute Gasteiger partial charge is 0.398 e. The normalized spacial score (nSPS) is 21.6. The van der Waals surface area contributed by atoms with Gasteiger partial charge in [-0.25, -0.2) is 13.1 Å². The molecule has 3 N–H and O–H groups in total.